The Kier molecular flexibility index (Phi) is 3.09. The van der Waals surface area contributed by atoms with Crippen LogP contribution in [0.15, 0.2) is 0 Å². The molecule has 2 aliphatic rings. The maximum atomic E-state index is 5.39. The Morgan fingerprint density at radius 3 is 2.20 bits per heavy atom. The zero-order valence-electron chi connectivity index (χ0n) is 10.5. The molecule has 88 valence electrons. The van der Waals surface area contributed by atoms with Gasteiger partial charge < -0.3 is 4.74 Å². The predicted molar refractivity (Wildman–Crippen MR) is 63.0 cm³/mol. The molecule has 0 aromatic rings. The quantitative estimate of drug-likeness (QED) is 0.711. The molecular formula is C13H25NO. The van der Waals surface area contributed by atoms with E-state index in [0.29, 0.717) is 10.8 Å². The summed E-state index contributed by atoms with van der Waals surface area (Å²) >= 11 is 0. The lowest BCUT2D eigenvalue weighted by molar-refractivity contribution is 0.0246. The van der Waals surface area contributed by atoms with E-state index >= 15 is 0 Å². The molecule has 15 heavy (non-hydrogen) atoms. The van der Waals surface area contributed by atoms with Crippen molar-refractivity contribution in [2.45, 2.75) is 40.0 Å². The van der Waals surface area contributed by atoms with Gasteiger partial charge in [-0.3, -0.25) is 4.90 Å². The minimum Gasteiger partial charge on any atom is -0.379 e. The highest BCUT2D eigenvalue weighted by Crippen LogP contribution is 2.53. The van der Waals surface area contributed by atoms with Gasteiger partial charge in [0.15, 0.2) is 0 Å². The lowest BCUT2D eigenvalue weighted by Crippen LogP contribution is -2.40. The van der Waals surface area contributed by atoms with Crippen LogP contribution >= 0.6 is 0 Å². The summed E-state index contributed by atoms with van der Waals surface area (Å²) in [5, 5.41) is 0. The van der Waals surface area contributed by atoms with Crippen LogP contribution in [0.1, 0.15) is 40.0 Å². The van der Waals surface area contributed by atoms with Crippen LogP contribution in [0.5, 0.6) is 0 Å². The Labute approximate surface area is 94.0 Å². The SMILES string of the molecule is CC(C)(C)CC1(CN2CCOCC2)CC1. The molecule has 1 aliphatic carbocycles. The van der Waals surface area contributed by atoms with Gasteiger partial charge in [-0.05, 0) is 30.1 Å². The molecule has 2 rings (SSSR count). The number of rotatable bonds is 3. The first-order valence-corrected chi connectivity index (χ1v) is 6.29. The summed E-state index contributed by atoms with van der Waals surface area (Å²) in [7, 11) is 0. The topological polar surface area (TPSA) is 12.5 Å². The van der Waals surface area contributed by atoms with Crippen molar-refractivity contribution in [1.82, 2.24) is 4.90 Å². The molecule has 1 heterocycles. The zero-order valence-corrected chi connectivity index (χ0v) is 10.5. The first-order chi connectivity index (χ1) is 6.99. The first kappa shape index (κ1) is 11.4. The number of hydrogen-bond donors (Lipinski definition) is 0. The molecule has 1 saturated heterocycles. The van der Waals surface area contributed by atoms with Gasteiger partial charge in [0.05, 0.1) is 13.2 Å². The molecule has 2 fully saturated rings. The molecule has 0 unspecified atom stereocenters. The van der Waals surface area contributed by atoms with Crippen molar-refractivity contribution < 1.29 is 4.74 Å². The monoisotopic (exact) mass is 211 g/mol. The summed E-state index contributed by atoms with van der Waals surface area (Å²) in [6.45, 7) is 12.6. The Hall–Kier alpha value is -0.0800. The summed E-state index contributed by atoms with van der Waals surface area (Å²) in [5.41, 5.74) is 1.15. The summed E-state index contributed by atoms with van der Waals surface area (Å²) in [5.74, 6) is 0. The Morgan fingerprint density at radius 2 is 1.73 bits per heavy atom. The van der Waals surface area contributed by atoms with Crippen LogP contribution in [0.3, 0.4) is 0 Å². The number of morpholine rings is 1. The standard InChI is InChI=1S/C13H25NO/c1-12(2,3)10-13(4-5-13)11-14-6-8-15-9-7-14/h4-11H2,1-3H3. The van der Waals surface area contributed by atoms with Crippen molar-refractivity contribution in [2.75, 3.05) is 32.8 Å². The molecule has 1 aliphatic heterocycles. The van der Waals surface area contributed by atoms with E-state index < -0.39 is 0 Å². The van der Waals surface area contributed by atoms with E-state index in [-0.39, 0.29) is 0 Å². The number of ether oxygens (including phenoxy) is 1. The third-order valence-corrected chi connectivity index (χ3v) is 3.53. The minimum absolute atomic E-state index is 0.489. The molecule has 1 saturated carbocycles. The third kappa shape index (κ3) is 3.46. The van der Waals surface area contributed by atoms with Gasteiger partial charge in [0.2, 0.25) is 0 Å². The second kappa shape index (κ2) is 4.06. The highest BCUT2D eigenvalue weighted by Gasteiger charge is 2.45. The van der Waals surface area contributed by atoms with Crippen molar-refractivity contribution in [3.8, 4) is 0 Å². The van der Waals surface area contributed by atoms with Crippen LogP contribution < -0.4 is 0 Å². The van der Waals surface area contributed by atoms with Crippen LogP contribution in [-0.2, 0) is 4.74 Å². The van der Waals surface area contributed by atoms with Crippen molar-refractivity contribution in [1.29, 1.82) is 0 Å². The van der Waals surface area contributed by atoms with Crippen molar-refractivity contribution in [2.24, 2.45) is 10.8 Å². The predicted octanol–water partition coefficient (Wildman–Crippen LogP) is 2.54. The Morgan fingerprint density at radius 1 is 1.13 bits per heavy atom. The highest BCUT2D eigenvalue weighted by atomic mass is 16.5. The maximum absolute atomic E-state index is 5.39. The molecule has 2 nitrogen and oxygen atoms in total. The highest BCUT2D eigenvalue weighted by molar-refractivity contribution is 4.98. The fraction of sp³-hybridized carbons (Fsp3) is 1.00. The number of hydrogen-bond acceptors (Lipinski definition) is 2. The lowest BCUT2D eigenvalue weighted by atomic mass is 9.82. The Balaban J connectivity index is 1.82. The van der Waals surface area contributed by atoms with Gasteiger partial charge in [-0.15, -0.1) is 0 Å². The molecule has 0 spiro atoms. The van der Waals surface area contributed by atoms with Crippen molar-refractivity contribution in [3.05, 3.63) is 0 Å². The maximum Gasteiger partial charge on any atom is 0.0594 e. The summed E-state index contributed by atoms with van der Waals surface area (Å²) in [6, 6.07) is 0. The average Bonchev–Trinajstić information content (AvgIpc) is 2.83. The van der Waals surface area contributed by atoms with Crippen LogP contribution in [0.4, 0.5) is 0 Å². The van der Waals surface area contributed by atoms with E-state index in [9.17, 15) is 0 Å². The Bertz CT molecular complexity index is 209. The average molecular weight is 211 g/mol. The van der Waals surface area contributed by atoms with Gasteiger partial charge >= 0.3 is 0 Å². The fourth-order valence-corrected chi connectivity index (χ4v) is 2.93. The normalized spacial score (nSPS) is 26.6. The molecule has 0 aromatic heterocycles. The van der Waals surface area contributed by atoms with E-state index in [0.717, 1.165) is 26.3 Å². The lowest BCUT2D eigenvalue weighted by Gasteiger charge is -2.33. The molecular weight excluding hydrogens is 186 g/mol. The van der Waals surface area contributed by atoms with E-state index in [1.54, 1.807) is 0 Å². The van der Waals surface area contributed by atoms with E-state index in [1.165, 1.54) is 25.8 Å². The van der Waals surface area contributed by atoms with Gasteiger partial charge in [0.1, 0.15) is 0 Å². The second-order valence-electron chi connectivity index (χ2n) is 6.63. The van der Waals surface area contributed by atoms with Crippen LogP contribution in [0.2, 0.25) is 0 Å². The van der Waals surface area contributed by atoms with Gasteiger partial charge in [-0.2, -0.15) is 0 Å². The molecule has 2 heteroatoms. The molecule has 0 bridgehead atoms. The van der Waals surface area contributed by atoms with Crippen LogP contribution in [0, 0.1) is 10.8 Å². The second-order valence-corrected chi connectivity index (χ2v) is 6.63. The summed E-state index contributed by atoms with van der Waals surface area (Å²) in [6.07, 6.45) is 4.28. The zero-order chi connectivity index (χ0) is 10.9. The largest absolute Gasteiger partial charge is 0.379 e. The van der Waals surface area contributed by atoms with Gasteiger partial charge in [0, 0.05) is 19.6 Å². The molecule has 0 amide bonds. The first-order valence-electron chi connectivity index (χ1n) is 6.29. The van der Waals surface area contributed by atoms with Gasteiger partial charge in [-0.1, -0.05) is 20.8 Å². The van der Waals surface area contributed by atoms with E-state index in [4.69, 9.17) is 4.74 Å². The summed E-state index contributed by atoms with van der Waals surface area (Å²) in [4.78, 5) is 2.60. The van der Waals surface area contributed by atoms with Gasteiger partial charge in [-0.25, -0.2) is 0 Å². The van der Waals surface area contributed by atoms with Crippen LogP contribution in [0.25, 0.3) is 0 Å². The fourth-order valence-electron chi connectivity index (χ4n) is 2.93. The van der Waals surface area contributed by atoms with Crippen LogP contribution in [-0.4, -0.2) is 37.7 Å². The minimum atomic E-state index is 0.489. The smallest absolute Gasteiger partial charge is 0.0594 e. The van der Waals surface area contributed by atoms with Gasteiger partial charge in [0.25, 0.3) is 0 Å². The third-order valence-electron chi connectivity index (χ3n) is 3.53. The number of nitrogens with zero attached hydrogens (tertiary/aromatic N) is 1. The van der Waals surface area contributed by atoms with Crippen molar-refractivity contribution >= 4 is 0 Å². The van der Waals surface area contributed by atoms with E-state index in [2.05, 4.69) is 25.7 Å². The molecule has 0 N–H and O–H groups in total. The molecule has 0 aromatic carbocycles. The van der Waals surface area contributed by atoms with Crippen molar-refractivity contribution in [3.63, 3.8) is 0 Å². The van der Waals surface area contributed by atoms with E-state index in [1.807, 2.05) is 0 Å². The summed E-state index contributed by atoms with van der Waals surface area (Å²) < 4.78 is 5.39. The molecule has 0 atom stereocenters. The molecule has 0 radical (unpaired) electrons.